The summed E-state index contributed by atoms with van der Waals surface area (Å²) in [6.07, 6.45) is 1.52. The zero-order chi connectivity index (χ0) is 23.5. The largest absolute Gasteiger partial charge is 0.493 e. The smallest absolute Gasteiger partial charge is 0.262 e. The molecule has 0 heterocycles. The predicted octanol–water partition coefficient (Wildman–Crippen LogP) is 5.48. The lowest BCUT2D eigenvalue weighted by Gasteiger charge is -2.12. The number of carbonyl (C=O) groups is 3. The number of Topliss-reactive ketones (excluding diaryl/α,β-unsaturated/α-hetero) is 2. The van der Waals surface area contributed by atoms with Crippen LogP contribution >= 0.6 is 23.2 Å². The Morgan fingerprint density at radius 2 is 1.61 bits per heavy atom. The molecule has 1 N–H and O–H groups in total. The molecule has 6 nitrogen and oxygen atoms in total. The highest BCUT2D eigenvalue weighted by molar-refractivity contribution is 6.42. The molecule has 0 aromatic heterocycles. The van der Waals surface area contributed by atoms with Crippen molar-refractivity contribution in [3.8, 4) is 11.5 Å². The van der Waals surface area contributed by atoms with Crippen molar-refractivity contribution in [1.82, 2.24) is 0 Å². The van der Waals surface area contributed by atoms with Gasteiger partial charge in [0.1, 0.15) is 0 Å². The molecule has 0 aliphatic heterocycles. The van der Waals surface area contributed by atoms with Crippen molar-refractivity contribution >= 4 is 52.4 Å². The molecule has 0 saturated carbocycles. The summed E-state index contributed by atoms with van der Waals surface area (Å²) in [4.78, 5) is 37.4. The lowest BCUT2D eigenvalue weighted by Crippen LogP contribution is -2.20. The molecule has 0 spiro atoms. The Balaban J connectivity index is 1.47. The predicted molar refractivity (Wildman–Crippen MR) is 127 cm³/mol. The van der Waals surface area contributed by atoms with Crippen LogP contribution in [0.4, 0.5) is 5.69 Å². The van der Waals surface area contributed by atoms with Gasteiger partial charge in [0.15, 0.2) is 29.7 Å². The van der Waals surface area contributed by atoms with Gasteiger partial charge in [-0.1, -0.05) is 53.5 Å². The maximum absolute atomic E-state index is 12.6. The van der Waals surface area contributed by atoms with Gasteiger partial charge >= 0.3 is 0 Å². The summed E-state index contributed by atoms with van der Waals surface area (Å²) in [6, 6.07) is 16.4. The van der Waals surface area contributed by atoms with Crippen LogP contribution in [-0.4, -0.2) is 31.2 Å². The number of benzene rings is 3. The minimum Gasteiger partial charge on any atom is -0.493 e. The number of ketones is 2. The highest BCUT2D eigenvalue weighted by atomic mass is 35.5. The molecule has 8 heteroatoms. The van der Waals surface area contributed by atoms with Crippen LogP contribution in [0, 0.1) is 0 Å². The van der Waals surface area contributed by atoms with Crippen LogP contribution in [-0.2, 0) is 4.79 Å². The van der Waals surface area contributed by atoms with Gasteiger partial charge in [-0.3, -0.25) is 14.4 Å². The molecule has 4 rings (SSSR count). The molecule has 33 heavy (non-hydrogen) atoms. The fourth-order valence-electron chi connectivity index (χ4n) is 3.38. The first-order valence-corrected chi connectivity index (χ1v) is 10.6. The number of methoxy groups -OCH3 is 1. The van der Waals surface area contributed by atoms with Crippen LogP contribution in [0.15, 0.2) is 66.2 Å². The van der Waals surface area contributed by atoms with E-state index in [0.717, 1.165) is 0 Å². The summed E-state index contributed by atoms with van der Waals surface area (Å²) in [6.45, 7) is -0.274. The number of halogens is 2. The number of amides is 1. The summed E-state index contributed by atoms with van der Waals surface area (Å²) < 4.78 is 10.9. The number of anilines is 1. The number of hydrogen-bond donors (Lipinski definition) is 1. The maximum Gasteiger partial charge on any atom is 0.262 e. The second-order valence-electron chi connectivity index (χ2n) is 7.14. The van der Waals surface area contributed by atoms with E-state index in [1.165, 1.54) is 19.3 Å². The SMILES string of the molecule is COc1cc(C=C2C(=O)c3ccccc3C2=O)ccc1OCC(=O)Nc1ccc(Cl)c(Cl)c1. The molecule has 0 radical (unpaired) electrons. The standard InChI is InChI=1S/C25H17Cl2NO5/c1-32-22-11-14(10-18-24(30)16-4-2-3-5-17(16)25(18)31)6-9-21(22)33-13-23(29)28-15-7-8-19(26)20(27)12-15/h2-12H,13H2,1H3,(H,28,29). The van der Waals surface area contributed by atoms with Gasteiger partial charge in [0, 0.05) is 16.8 Å². The Labute approximate surface area is 199 Å². The number of hydrogen-bond acceptors (Lipinski definition) is 5. The molecular weight excluding hydrogens is 465 g/mol. The van der Waals surface area contributed by atoms with Crippen molar-refractivity contribution in [3.05, 3.63) is 93.0 Å². The van der Waals surface area contributed by atoms with E-state index in [4.69, 9.17) is 32.7 Å². The van der Waals surface area contributed by atoms with E-state index in [0.29, 0.717) is 43.9 Å². The van der Waals surface area contributed by atoms with Crippen molar-refractivity contribution in [2.75, 3.05) is 19.0 Å². The van der Waals surface area contributed by atoms with Crippen LogP contribution in [0.25, 0.3) is 6.08 Å². The molecule has 1 aliphatic rings. The second-order valence-corrected chi connectivity index (χ2v) is 7.95. The monoisotopic (exact) mass is 481 g/mol. The Morgan fingerprint density at radius 3 is 2.24 bits per heavy atom. The van der Waals surface area contributed by atoms with Gasteiger partial charge in [0.25, 0.3) is 5.91 Å². The molecule has 1 amide bonds. The lowest BCUT2D eigenvalue weighted by atomic mass is 10.1. The van der Waals surface area contributed by atoms with Crippen molar-refractivity contribution in [1.29, 1.82) is 0 Å². The molecular formula is C25H17Cl2NO5. The number of nitrogens with one attached hydrogen (secondary N) is 1. The average molecular weight is 482 g/mol. The number of rotatable bonds is 6. The minimum absolute atomic E-state index is 0.0907. The van der Waals surface area contributed by atoms with Crippen LogP contribution in [0.3, 0.4) is 0 Å². The molecule has 0 atom stereocenters. The summed E-state index contributed by atoms with van der Waals surface area (Å²) in [5.74, 6) is -0.345. The first-order valence-electron chi connectivity index (χ1n) is 9.83. The zero-order valence-electron chi connectivity index (χ0n) is 17.4. The summed E-state index contributed by atoms with van der Waals surface area (Å²) in [5.41, 5.74) is 1.96. The number of allylic oxidation sites excluding steroid dienone is 1. The van der Waals surface area contributed by atoms with Crippen LogP contribution in [0.5, 0.6) is 11.5 Å². The highest BCUT2D eigenvalue weighted by Crippen LogP contribution is 2.32. The van der Waals surface area contributed by atoms with Crippen molar-refractivity contribution in [2.45, 2.75) is 0 Å². The molecule has 166 valence electrons. The number of fused-ring (bicyclic) bond motifs is 1. The van der Waals surface area contributed by atoms with E-state index in [-0.39, 0.29) is 23.7 Å². The van der Waals surface area contributed by atoms with Gasteiger partial charge in [-0.25, -0.2) is 0 Å². The van der Waals surface area contributed by atoms with Gasteiger partial charge in [0.05, 0.1) is 22.7 Å². The van der Waals surface area contributed by atoms with Gasteiger partial charge < -0.3 is 14.8 Å². The van der Waals surface area contributed by atoms with E-state index in [1.807, 2.05) is 0 Å². The maximum atomic E-state index is 12.6. The third kappa shape index (κ3) is 4.77. The Morgan fingerprint density at radius 1 is 0.909 bits per heavy atom. The van der Waals surface area contributed by atoms with Crippen LogP contribution < -0.4 is 14.8 Å². The van der Waals surface area contributed by atoms with Crippen LogP contribution in [0.1, 0.15) is 26.3 Å². The number of ether oxygens (including phenoxy) is 2. The van der Waals surface area contributed by atoms with Crippen LogP contribution in [0.2, 0.25) is 10.0 Å². The molecule has 3 aromatic rings. The fraction of sp³-hybridized carbons (Fsp3) is 0.0800. The van der Waals surface area contributed by atoms with Crippen molar-refractivity contribution in [2.24, 2.45) is 0 Å². The van der Waals surface area contributed by atoms with Gasteiger partial charge in [0.2, 0.25) is 0 Å². The molecule has 0 fully saturated rings. The normalized spacial score (nSPS) is 12.4. The van der Waals surface area contributed by atoms with Gasteiger partial charge in [-0.05, 0) is 42.0 Å². The van der Waals surface area contributed by atoms with Crippen molar-refractivity contribution in [3.63, 3.8) is 0 Å². The molecule has 3 aromatic carbocycles. The van der Waals surface area contributed by atoms with E-state index in [1.54, 1.807) is 54.6 Å². The third-order valence-corrected chi connectivity index (χ3v) is 5.71. The average Bonchev–Trinajstić information content (AvgIpc) is 3.05. The lowest BCUT2D eigenvalue weighted by molar-refractivity contribution is -0.118. The second kappa shape index (κ2) is 9.48. The van der Waals surface area contributed by atoms with Crippen molar-refractivity contribution < 1.29 is 23.9 Å². The van der Waals surface area contributed by atoms with Gasteiger partial charge in [-0.15, -0.1) is 0 Å². The first kappa shape index (κ1) is 22.6. The summed E-state index contributed by atoms with van der Waals surface area (Å²) >= 11 is 11.8. The molecule has 0 saturated heterocycles. The Kier molecular flexibility index (Phi) is 6.49. The van der Waals surface area contributed by atoms with E-state index < -0.39 is 5.91 Å². The fourth-order valence-corrected chi connectivity index (χ4v) is 3.68. The Bertz CT molecular complexity index is 1280. The third-order valence-electron chi connectivity index (χ3n) is 4.97. The van der Waals surface area contributed by atoms with Gasteiger partial charge in [-0.2, -0.15) is 0 Å². The number of carbonyl (C=O) groups excluding carboxylic acids is 3. The van der Waals surface area contributed by atoms with E-state index in [9.17, 15) is 14.4 Å². The topological polar surface area (TPSA) is 81.7 Å². The minimum atomic E-state index is -0.401. The Hall–Kier alpha value is -3.61. The molecule has 1 aliphatic carbocycles. The highest BCUT2D eigenvalue weighted by Gasteiger charge is 2.32. The quantitative estimate of drug-likeness (QED) is 0.372. The summed E-state index contributed by atoms with van der Waals surface area (Å²) in [7, 11) is 1.45. The molecule has 0 unspecified atom stereocenters. The zero-order valence-corrected chi connectivity index (χ0v) is 18.9. The van der Waals surface area contributed by atoms with E-state index >= 15 is 0 Å². The summed E-state index contributed by atoms with van der Waals surface area (Å²) in [5, 5.41) is 3.37. The van der Waals surface area contributed by atoms with E-state index in [2.05, 4.69) is 5.32 Å². The first-order chi connectivity index (χ1) is 15.9. The molecule has 0 bridgehead atoms.